The van der Waals surface area contributed by atoms with Crippen LogP contribution in [0, 0.1) is 0 Å². The number of hydrogen-bond acceptors (Lipinski definition) is 4. The van der Waals surface area contributed by atoms with Crippen LogP contribution in [-0.2, 0) is 9.57 Å². The van der Waals surface area contributed by atoms with Crippen LogP contribution in [0.3, 0.4) is 0 Å². The van der Waals surface area contributed by atoms with Crippen molar-refractivity contribution in [2.75, 3.05) is 26.2 Å². The molecular formula is C18H32N2O2. The van der Waals surface area contributed by atoms with Crippen LogP contribution in [0.2, 0.25) is 0 Å². The average Bonchev–Trinajstić information content (AvgIpc) is 2.69. The second kappa shape index (κ2) is 8.14. The molecule has 2 aliphatic rings. The van der Waals surface area contributed by atoms with Gasteiger partial charge in [-0.15, -0.1) is 11.6 Å². The maximum atomic E-state index is 5.84. The topological polar surface area (TPSA) is 33.7 Å². The molecule has 2 heterocycles. The summed E-state index contributed by atoms with van der Waals surface area (Å²) in [7, 11) is 0. The van der Waals surface area contributed by atoms with Crippen molar-refractivity contribution >= 4 is 0 Å². The maximum absolute atomic E-state index is 5.84. The van der Waals surface area contributed by atoms with Gasteiger partial charge in [0.05, 0.1) is 25.3 Å². The Bertz CT molecular complexity index is 375. The number of morpholine rings is 1. The van der Waals surface area contributed by atoms with Gasteiger partial charge in [0.25, 0.3) is 0 Å². The van der Waals surface area contributed by atoms with E-state index < -0.39 is 0 Å². The van der Waals surface area contributed by atoms with E-state index in [0.717, 1.165) is 32.5 Å². The lowest BCUT2D eigenvalue weighted by molar-refractivity contribution is -0.205. The Hall–Kier alpha value is -0.840. The number of hydroxylamine groups is 2. The van der Waals surface area contributed by atoms with Crippen LogP contribution in [0.4, 0.5) is 0 Å². The first-order chi connectivity index (χ1) is 10.6. The third kappa shape index (κ3) is 5.41. The Balaban J connectivity index is 1.75. The lowest BCUT2D eigenvalue weighted by Crippen LogP contribution is -2.49. The van der Waals surface area contributed by atoms with Crippen LogP contribution >= 0.6 is 0 Å². The van der Waals surface area contributed by atoms with Crippen molar-refractivity contribution in [3.8, 4) is 0 Å². The Kier molecular flexibility index (Phi) is 6.48. The molecule has 0 radical (unpaired) electrons. The van der Waals surface area contributed by atoms with Crippen molar-refractivity contribution in [3.05, 3.63) is 25.0 Å². The zero-order chi connectivity index (χ0) is 15.9. The molecule has 0 aromatic heterocycles. The molecule has 0 aliphatic carbocycles. The molecule has 1 N–H and O–H groups in total. The summed E-state index contributed by atoms with van der Waals surface area (Å²) in [5.74, 6) is 0. The minimum absolute atomic E-state index is 0.178. The Labute approximate surface area is 135 Å². The monoisotopic (exact) mass is 308 g/mol. The third-order valence-electron chi connectivity index (χ3n) is 4.71. The van der Waals surface area contributed by atoms with Gasteiger partial charge in [0.15, 0.2) is 0 Å². The summed E-state index contributed by atoms with van der Waals surface area (Å²) in [6.07, 6.45) is 13.0. The molecule has 0 aromatic rings. The Morgan fingerprint density at radius 1 is 1.27 bits per heavy atom. The molecule has 0 aromatic carbocycles. The van der Waals surface area contributed by atoms with Crippen LogP contribution in [0.15, 0.2) is 25.0 Å². The number of nitrogens with one attached hydrogen (secondary N) is 1. The summed E-state index contributed by atoms with van der Waals surface area (Å²) in [6, 6.07) is 0. The fourth-order valence-corrected chi connectivity index (χ4v) is 3.32. The average molecular weight is 308 g/mol. The van der Waals surface area contributed by atoms with Crippen molar-refractivity contribution in [3.63, 3.8) is 0 Å². The second-order valence-electron chi connectivity index (χ2n) is 7.13. The molecular weight excluding hydrogens is 276 g/mol. The van der Waals surface area contributed by atoms with Crippen LogP contribution in [-0.4, -0.2) is 42.4 Å². The predicted molar refractivity (Wildman–Crippen MR) is 90.5 cm³/mol. The first kappa shape index (κ1) is 17.5. The molecule has 2 saturated heterocycles. The highest BCUT2D eigenvalue weighted by Gasteiger charge is 2.31. The molecule has 4 heteroatoms. The smallest absolute Gasteiger partial charge is 0.107 e. The van der Waals surface area contributed by atoms with E-state index in [1.54, 1.807) is 0 Å². The van der Waals surface area contributed by atoms with Crippen LogP contribution in [0.5, 0.6) is 0 Å². The summed E-state index contributed by atoms with van der Waals surface area (Å²) >= 11 is 0. The van der Waals surface area contributed by atoms with Crippen molar-refractivity contribution in [2.45, 2.75) is 63.5 Å². The fraction of sp³-hybridized carbons (Fsp3) is 0.778. The normalized spacial score (nSPS) is 34.5. The number of nitrogens with zero attached hydrogens (tertiary/aromatic N) is 1. The molecule has 22 heavy (non-hydrogen) atoms. The highest BCUT2D eigenvalue weighted by Crippen LogP contribution is 2.24. The van der Waals surface area contributed by atoms with E-state index in [1.165, 1.54) is 25.7 Å². The summed E-state index contributed by atoms with van der Waals surface area (Å²) < 4.78 is 5.84. The zero-order valence-corrected chi connectivity index (χ0v) is 14.3. The van der Waals surface area contributed by atoms with Crippen LogP contribution in [0.1, 0.15) is 52.4 Å². The van der Waals surface area contributed by atoms with Gasteiger partial charge in [0.1, 0.15) is 6.26 Å². The Morgan fingerprint density at radius 2 is 2.14 bits per heavy atom. The van der Waals surface area contributed by atoms with Gasteiger partial charge < -0.3 is 14.9 Å². The van der Waals surface area contributed by atoms with E-state index in [0.29, 0.717) is 6.61 Å². The molecule has 2 atom stereocenters. The maximum Gasteiger partial charge on any atom is 0.107 e. The first-order valence-corrected chi connectivity index (χ1v) is 8.62. The van der Waals surface area contributed by atoms with Gasteiger partial charge in [-0.1, -0.05) is 18.9 Å². The summed E-state index contributed by atoms with van der Waals surface area (Å²) in [5.41, 5.74) is 0.0430. The lowest BCUT2D eigenvalue weighted by atomic mass is 9.92. The standard InChI is InChI=1S/C18H32N2O2/c1-4-9-18(3)16-20(13-15-21-18)22-14-8-11-17(2)10-6-5-7-12-19-17/h4,8,14,19H,1,5-7,9-13,15-16H2,2-3H3/b14-8+/t17-,18-/m0/s1. The van der Waals surface area contributed by atoms with E-state index in [-0.39, 0.29) is 11.1 Å². The van der Waals surface area contributed by atoms with Gasteiger partial charge in [-0.25, -0.2) is 0 Å². The van der Waals surface area contributed by atoms with Crippen molar-refractivity contribution < 1.29 is 9.57 Å². The van der Waals surface area contributed by atoms with Gasteiger partial charge >= 0.3 is 0 Å². The highest BCUT2D eigenvalue weighted by molar-refractivity contribution is 4.93. The Morgan fingerprint density at radius 3 is 2.95 bits per heavy atom. The number of hydrogen-bond donors (Lipinski definition) is 1. The van der Waals surface area contributed by atoms with Gasteiger partial charge in [0, 0.05) is 5.54 Å². The fourth-order valence-electron chi connectivity index (χ4n) is 3.32. The highest BCUT2D eigenvalue weighted by atomic mass is 16.7. The summed E-state index contributed by atoms with van der Waals surface area (Å²) in [6.45, 7) is 11.7. The molecule has 0 bridgehead atoms. The largest absolute Gasteiger partial charge is 0.414 e. The quantitative estimate of drug-likeness (QED) is 0.602. The van der Waals surface area contributed by atoms with Crippen molar-refractivity contribution in [2.24, 2.45) is 0 Å². The molecule has 0 amide bonds. The molecule has 0 spiro atoms. The summed E-state index contributed by atoms with van der Waals surface area (Å²) in [4.78, 5) is 5.80. The number of ether oxygens (including phenoxy) is 1. The van der Waals surface area contributed by atoms with Gasteiger partial charge in [-0.3, -0.25) is 0 Å². The lowest BCUT2D eigenvalue weighted by Gasteiger charge is -2.38. The van der Waals surface area contributed by atoms with Crippen LogP contribution in [0.25, 0.3) is 0 Å². The molecule has 2 fully saturated rings. The minimum Gasteiger partial charge on any atom is -0.414 e. The van der Waals surface area contributed by atoms with Crippen LogP contribution < -0.4 is 5.32 Å². The SMILES string of the molecule is C=CC[C@@]1(C)CN(O/C=C/C[C@]2(C)CCCCCN2)CCO1. The van der Waals surface area contributed by atoms with Crippen molar-refractivity contribution in [1.29, 1.82) is 0 Å². The van der Waals surface area contributed by atoms with Gasteiger partial charge in [-0.2, -0.15) is 0 Å². The van der Waals surface area contributed by atoms with E-state index in [4.69, 9.17) is 9.57 Å². The molecule has 126 valence electrons. The second-order valence-corrected chi connectivity index (χ2v) is 7.13. The third-order valence-corrected chi connectivity index (χ3v) is 4.71. The van der Waals surface area contributed by atoms with E-state index in [9.17, 15) is 0 Å². The van der Waals surface area contributed by atoms with Gasteiger partial charge in [0.2, 0.25) is 0 Å². The zero-order valence-electron chi connectivity index (χ0n) is 14.3. The first-order valence-electron chi connectivity index (χ1n) is 8.62. The summed E-state index contributed by atoms with van der Waals surface area (Å²) in [5, 5.41) is 5.67. The van der Waals surface area contributed by atoms with Crippen molar-refractivity contribution in [1.82, 2.24) is 10.4 Å². The van der Waals surface area contributed by atoms with E-state index >= 15 is 0 Å². The van der Waals surface area contributed by atoms with E-state index in [2.05, 4.69) is 31.8 Å². The number of rotatable bonds is 6. The molecule has 2 aliphatic heterocycles. The molecule has 4 nitrogen and oxygen atoms in total. The minimum atomic E-state index is -0.178. The van der Waals surface area contributed by atoms with E-state index in [1.807, 2.05) is 17.4 Å². The predicted octanol–water partition coefficient (Wildman–Crippen LogP) is 3.41. The molecule has 0 saturated carbocycles. The molecule has 0 unspecified atom stereocenters. The molecule has 2 rings (SSSR count). The van der Waals surface area contributed by atoms with Gasteiger partial charge in [-0.05, 0) is 52.2 Å².